The molecule has 2 atom stereocenters. The number of hydrogen-bond donors (Lipinski definition) is 2. The zero-order valence-electron chi connectivity index (χ0n) is 19.3. The fourth-order valence-electron chi connectivity index (χ4n) is 4.03. The largest absolute Gasteiger partial charge is 0.480 e. The van der Waals surface area contributed by atoms with E-state index >= 15 is 0 Å². The number of aromatic nitrogens is 2. The van der Waals surface area contributed by atoms with Gasteiger partial charge in [-0.25, -0.2) is 9.18 Å². The summed E-state index contributed by atoms with van der Waals surface area (Å²) in [5.41, 5.74) is 3.69. The van der Waals surface area contributed by atoms with Crippen molar-refractivity contribution in [1.29, 1.82) is 0 Å². The van der Waals surface area contributed by atoms with E-state index in [2.05, 4.69) is 29.4 Å². The van der Waals surface area contributed by atoms with Crippen LogP contribution in [0.4, 0.5) is 4.39 Å². The molecule has 0 unspecified atom stereocenters. The Morgan fingerprint density at radius 3 is 2.76 bits per heavy atom. The lowest BCUT2D eigenvalue weighted by Gasteiger charge is -2.17. The number of carboxylic acids is 1. The summed E-state index contributed by atoms with van der Waals surface area (Å²) in [4.78, 5) is 32.6. The maximum absolute atomic E-state index is 13.9. The van der Waals surface area contributed by atoms with E-state index in [1.807, 2.05) is 0 Å². The Balaban J connectivity index is 1.40. The maximum atomic E-state index is 13.9. The van der Waals surface area contributed by atoms with Crippen LogP contribution in [0, 0.1) is 18.7 Å². The van der Waals surface area contributed by atoms with E-state index in [0.29, 0.717) is 6.61 Å². The van der Waals surface area contributed by atoms with Crippen molar-refractivity contribution in [2.75, 3.05) is 13.2 Å². The summed E-state index contributed by atoms with van der Waals surface area (Å²) in [6.07, 6.45) is 7.79. The number of aliphatic carboxylic acids is 1. The first-order valence-corrected chi connectivity index (χ1v) is 11.6. The zero-order valence-corrected chi connectivity index (χ0v) is 19.3. The van der Waals surface area contributed by atoms with Gasteiger partial charge in [0.2, 0.25) is 0 Å². The van der Waals surface area contributed by atoms with Crippen LogP contribution < -0.4 is 5.32 Å². The third-order valence-electron chi connectivity index (χ3n) is 6.00. The normalized spacial score (nSPS) is 14.9. The molecule has 33 heavy (non-hydrogen) atoms. The van der Waals surface area contributed by atoms with Gasteiger partial charge in [0.25, 0.3) is 5.91 Å². The molecule has 0 radical (unpaired) electrons. The predicted octanol–water partition coefficient (Wildman–Crippen LogP) is 3.66. The first-order valence-electron chi connectivity index (χ1n) is 11.6. The van der Waals surface area contributed by atoms with Crippen molar-refractivity contribution in [2.24, 2.45) is 5.92 Å². The molecule has 0 spiro atoms. The molecule has 1 aliphatic carbocycles. The second-order valence-corrected chi connectivity index (χ2v) is 8.74. The van der Waals surface area contributed by atoms with Gasteiger partial charge in [-0.1, -0.05) is 13.0 Å². The highest BCUT2D eigenvalue weighted by atomic mass is 19.1. The number of nitrogens with one attached hydrogen (secondary N) is 1. The van der Waals surface area contributed by atoms with E-state index in [1.165, 1.54) is 37.2 Å². The number of nitrogens with zero attached hydrogens (tertiary/aromatic N) is 2. The smallest absolute Gasteiger partial charge is 0.326 e. The number of fused-ring (bicyclic) bond motifs is 1. The molecule has 178 valence electrons. The van der Waals surface area contributed by atoms with Gasteiger partial charge >= 0.3 is 5.97 Å². The van der Waals surface area contributed by atoms with Gasteiger partial charge in [0, 0.05) is 37.2 Å². The van der Waals surface area contributed by atoms with E-state index in [0.717, 1.165) is 37.4 Å². The van der Waals surface area contributed by atoms with Crippen molar-refractivity contribution >= 4 is 11.9 Å². The number of carboxylic acid groups (broad SMARTS) is 1. The van der Waals surface area contributed by atoms with Gasteiger partial charge in [0.05, 0.1) is 11.3 Å². The maximum Gasteiger partial charge on any atom is 0.326 e. The zero-order chi connectivity index (χ0) is 23.8. The summed E-state index contributed by atoms with van der Waals surface area (Å²) >= 11 is 0. The summed E-state index contributed by atoms with van der Waals surface area (Å²) in [6.45, 7) is 4.25. The highest BCUT2D eigenvalue weighted by molar-refractivity contribution is 5.97. The average Bonchev–Trinajstić information content (AvgIpc) is 2.79. The summed E-state index contributed by atoms with van der Waals surface area (Å²) in [5.74, 6) is -2.44. The number of aryl methyl sites for hydroxylation is 4. The molecule has 2 aromatic heterocycles. The highest BCUT2D eigenvalue weighted by Gasteiger charge is 2.24. The van der Waals surface area contributed by atoms with Gasteiger partial charge < -0.3 is 15.2 Å². The molecule has 2 N–H and O–H groups in total. The molecule has 0 fully saturated rings. The lowest BCUT2D eigenvalue weighted by molar-refractivity contribution is -0.139. The van der Waals surface area contributed by atoms with Gasteiger partial charge in [0.15, 0.2) is 0 Å². The number of rotatable bonds is 11. The fraction of sp³-hybridized carbons (Fsp3) is 0.520. The van der Waals surface area contributed by atoms with Gasteiger partial charge in [0.1, 0.15) is 11.9 Å². The van der Waals surface area contributed by atoms with Crippen LogP contribution in [-0.2, 0) is 28.8 Å². The monoisotopic (exact) mass is 457 g/mol. The van der Waals surface area contributed by atoms with Crippen molar-refractivity contribution in [1.82, 2.24) is 15.3 Å². The van der Waals surface area contributed by atoms with Crippen molar-refractivity contribution in [2.45, 2.75) is 64.8 Å². The fourth-order valence-corrected chi connectivity index (χ4v) is 4.03. The number of amides is 1. The van der Waals surface area contributed by atoms with Crippen molar-refractivity contribution in [3.05, 3.63) is 58.4 Å². The van der Waals surface area contributed by atoms with Crippen LogP contribution in [0.5, 0.6) is 0 Å². The Hall–Kier alpha value is -2.87. The van der Waals surface area contributed by atoms with E-state index in [1.54, 1.807) is 0 Å². The van der Waals surface area contributed by atoms with Crippen LogP contribution in [-0.4, -0.2) is 46.2 Å². The van der Waals surface area contributed by atoms with Crippen molar-refractivity contribution in [3.63, 3.8) is 0 Å². The molecule has 0 aliphatic heterocycles. The van der Waals surface area contributed by atoms with Crippen LogP contribution in [0.25, 0.3) is 0 Å². The number of carbonyl (C=O) groups excluding carboxylic acids is 1. The first-order chi connectivity index (χ1) is 15.8. The SMILES string of the molecule is Cc1nccc(F)c1C(=O)N[C@@H](CCOC[C@@H](C)CCc1ccc2c(n1)CCCC2)C(=O)O. The molecule has 0 saturated heterocycles. The lowest BCUT2D eigenvalue weighted by atomic mass is 9.95. The van der Waals surface area contributed by atoms with Crippen molar-refractivity contribution in [3.8, 4) is 0 Å². The summed E-state index contributed by atoms with van der Waals surface area (Å²) in [5, 5.41) is 11.8. The molecule has 3 rings (SSSR count). The minimum atomic E-state index is -1.19. The summed E-state index contributed by atoms with van der Waals surface area (Å²) in [7, 11) is 0. The molecule has 8 heteroatoms. The summed E-state index contributed by atoms with van der Waals surface area (Å²) < 4.78 is 19.6. The molecule has 0 saturated carbocycles. The van der Waals surface area contributed by atoms with Crippen LogP contribution in [0.2, 0.25) is 0 Å². The van der Waals surface area contributed by atoms with Gasteiger partial charge in [-0.2, -0.15) is 0 Å². The average molecular weight is 458 g/mol. The molecule has 2 heterocycles. The number of ether oxygens (including phenoxy) is 1. The molecule has 0 aromatic carbocycles. The van der Waals surface area contributed by atoms with Crippen LogP contribution in [0.3, 0.4) is 0 Å². The molecular formula is C25H32FN3O4. The minimum absolute atomic E-state index is 0.0844. The number of pyridine rings is 2. The van der Waals surface area contributed by atoms with Crippen molar-refractivity contribution < 1.29 is 23.8 Å². The Morgan fingerprint density at radius 1 is 1.21 bits per heavy atom. The van der Waals surface area contributed by atoms with Crippen LogP contribution in [0.1, 0.15) is 65.6 Å². The minimum Gasteiger partial charge on any atom is -0.480 e. The lowest BCUT2D eigenvalue weighted by Crippen LogP contribution is -2.42. The third-order valence-corrected chi connectivity index (χ3v) is 6.00. The molecular weight excluding hydrogens is 425 g/mol. The Bertz CT molecular complexity index is 962. The van der Waals surface area contributed by atoms with Crippen LogP contribution in [0.15, 0.2) is 24.4 Å². The second kappa shape index (κ2) is 11.8. The Kier molecular flexibility index (Phi) is 8.88. The van der Waals surface area contributed by atoms with E-state index < -0.39 is 23.7 Å². The second-order valence-electron chi connectivity index (χ2n) is 8.74. The quantitative estimate of drug-likeness (QED) is 0.500. The Labute approximate surface area is 193 Å². The topological polar surface area (TPSA) is 101 Å². The van der Waals surface area contributed by atoms with E-state index in [4.69, 9.17) is 9.72 Å². The standard InChI is InChI=1S/C25H32FN3O4/c1-16(7-9-19-10-8-18-5-3-4-6-21(18)28-19)15-33-14-12-22(25(31)32)29-24(30)23-17(2)27-13-11-20(23)26/h8,10-11,13,16,22H,3-7,9,12,14-15H2,1-2H3,(H,29,30)(H,31,32)/t16-,22-/m0/s1. The first kappa shape index (κ1) is 24.8. The summed E-state index contributed by atoms with van der Waals surface area (Å²) in [6, 6.07) is 4.22. The highest BCUT2D eigenvalue weighted by Crippen LogP contribution is 2.20. The number of halogens is 1. The predicted molar refractivity (Wildman–Crippen MR) is 122 cm³/mol. The van der Waals surface area contributed by atoms with Gasteiger partial charge in [-0.3, -0.25) is 14.8 Å². The van der Waals surface area contributed by atoms with Crippen LogP contribution >= 0.6 is 0 Å². The number of carbonyl (C=O) groups is 2. The van der Waals surface area contributed by atoms with Gasteiger partial charge in [-0.05, 0) is 69.1 Å². The molecule has 0 bridgehead atoms. The molecule has 1 aliphatic rings. The van der Waals surface area contributed by atoms with E-state index in [-0.39, 0.29) is 30.2 Å². The Morgan fingerprint density at radius 2 is 2.00 bits per heavy atom. The molecule has 1 amide bonds. The molecule has 7 nitrogen and oxygen atoms in total. The van der Waals surface area contributed by atoms with Gasteiger partial charge in [-0.15, -0.1) is 0 Å². The number of hydrogen-bond acceptors (Lipinski definition) is 5. The van der Waals surface area contributed by atoms with E-state index in [9.17, 15) is 19.1 Å². The third kappa shape index (κ3) is 7.05. The molecule has 2 aromatic rings.